The number of H-pyrrole nitrogens is 1. The Balaban J connectivity index is 2.64. The molecule has 0 aliphatic rings. The first-order valence-corrected chi connectivity index (χ1v) is 4.58. The van der Waals surface area contributed by atoms with Crippen LogP contribution >= 0.6 is 0 Å². The smallest absolute Gasteiger partial charge is 0.135 e. The van der Waals surface area contributed by atoms with Crippen LogP contribution in [0, 0.1) is 0 Å². The topological polar surface area (TPSA) is 74.9 Å². The molecular weight excluding hydrogens is 178 g/mol. The minimum Gasteiger partial charge on any atom is -0.385 e. The summed E-state index contributed by atoms with van der Waals surface area (Å²) in [5.74, 6) is 0.584. The van der Waals surface area contributed by atoms with Crippen LogP contribution in [0.25, 0.3) is 11.0 Å². The lowest BCUT2D eigenvalue weighted by molar-refractivity contribution is 0.190. The molecule has 4 nitrogen and oxygen atoms in total. The van der Waals surface area contributed by atoms with Crippen molar-refractivity contribution in [3.63, 3.8) is 0 Å². The van der Waals surface area contributed by atoms with Crippen molar-refractivity contribution in [2.24, 2.45) is 5.73 Å². The monoisotopic (exact) mass is 191 g/mol. The van der Waals surface area contributed by atoms with Gasteiger partial charge in [-0.15, -0.1) is 0 Å². The third-order valence-corrected chi connectivity index (χ3v) is 2.23. The molecule has 2 rings (SSSR count). The number of nitrogens with zero attached hydrogens (tertiary/aromatic N) is 1. The SMILES string of the molecule is C[C@H](O)c1nc2c(CN)cccc2[nH]1. The number of benzene rings is 1. The largest absolute Gasteiger partial charge is 0.385 e. The van der Waals surface area contributed by atoms with Crippen LogP contribution < -0.4 is 5.73 Å². The average molecular weight is 191 g/mol. The lowest BCUT2D eigenvalue weighted by atomic mass is 10.2. The minimum absolute atomic E-state index is 0.460. The Morgan fingerprint density at radius 1 is 1.57 bits per heavy atom. The summed E-state index contributed by atoms with van der Waals surface area (Å²) in [4.78, 5) is 7.35. The van der Waals surface area contributed by atoms with Gasteiger partial charge < -0.3 is 15.8 Å². The van der Waals surface area contributed by atoms with E-state index in [0.29, 0.717) is 12.4 Å². The van der Waals surface area contributed by atoms with Gasteiger partial charge >= 0.3 is 0 Å². The molecular formula is C10H13N3O. The zero-order valence-electron chi connectivity index (χ0n) is 7.99. The van der Waals surface area contributed by atoms with E-state index in [0.717, 1.165) is 16.6 Å². The zero-order valence-corrected chi connectivity index (χ0v) is 7.99. The summed E-state index contributed by atoms with van der Waals surface area (Å²) in [7, 11) is 0. The van der Waals surface area contributed by atoms with Gasteiger partial charge in [0.05, 0.1) is 11.0 Å². The maximum atomic E-state index is 9.36. The molecule has 0 aliphatic carbocycles. The Labute approximate surface area is 81.8 Å². The summed E-state index contributed by atoms with van der Waals surface area (Å²) in [6.45, 7) is 2.14. The van der Waals surface area contributed by atoms with Crippen molar-refractivity contribution in [1.82, 2.24) is 9.97 Å². The number of nitrogens with one attached hydrogen (secondary N) is 1. The number of aliphatic hydroxyl groups is 1. The van der Waals surface area contributed by atoms with Crippen molar-refractivity contribution in [2.45, 2.75) is 19.6 Å². The molecule has 1 aromatic heterocycles. The molecule has 0 saturated carbocycles. The molecule has 2 aromatic rings. The summed E-state index contributed by atoms with van der Waals surface area (Å²) < 4.78 is 0. The van der Waals surface area contributed by atoms with Gasteiger partial charge in [0.2, 0.25) is 0 Å². The van der Waals surface area contributed by atoms with Crippen molar-refractivity contribution < 1.29 is 5.11 Å². The van der Waals surface area contributed by atoms with Crippen LogP contribution in [-0.2, 0) is 6.54 Å². The quantitative estimate of drug-likeness (QED) is 0.664. The van der Waals surface area contributed by atoms with E-state index >= 15 is 0 Å². The number of hydrogen-bond donors (Lipinski definition) is 3. The molecule has 1 atom stereocenters. The van der Waals surface area contributed by atoms with E-state index < -0.39 is 6.10 Å². The van der Waals surface area contributed by atoms with Crippen LogP contribution in [0.1, 0.15) is 24.4 Å². The first-order chi connectivity index (χ1) is 6.72. The van der Waals surface area contributed by atoms with Gasteiger partial charge in [0.15, 0.2) is 0 Å². The Kier molecular flexibility index (Phi) is 2.23. The van der Waals surface area contributed by atoms with Crippen molar-refractivity contribution in [3.8, 4) is 0 Å². The van der Waals surface area contributed by atoms with Gasteiger partial charge in [0, 0.05) is 6.54 Å². The fourth-order valence-corrected chi connectivity index (χ4v) is 1.47. The van der Waals surface area contributed by atoms with Gasteiger partial charge in [-0.1, -0.05) is 12.1 Å². The number of hydrogen-bond acceptors (Lipinski definition) is 3. The fourth-order valence-electron chi connectivity index (χ4n) is 1.47. The van der Waals surface area contributed by atoms with Gasteiger partial charge in [-0.25, -0.2) is 4.98 Å². The molecule has 0 aliphatic heterocycles. The molecule has 1 heterocycles. The molecule has 4 N–H and O–H groups in total. The third kappa shape index (κ3) is 1.38. The standard InChI is InChI=1S/C10H13N3O/c1-6(14)10-12-8-4-2-3-7(5-11)9(8)13-10/h2-4,6,14H,5,11H2,1H3,(H,12,13)/t6-/m0/s1. The number of aromatic nitrogens is 2. The fraction of sp³-hybridized carbons (Fsp3) is 0.300. The maximum Gasteiger partial charge on any atom is 0.135 e. The van der Waals surface area contributed by atoms with Crippen LogP contribution in [0.5, 0.6) is 0 Å². The normalized spacial score (nSPS) is 13.4. The summed E-state index contributed by atoms with van der Waals surface area (Å²) in [5.41, 5.74) is 8.35. The Morgan fingerprint density at radius 3 is 3.00 bits per heavy atom. The maximum absolute atomic E-state index is 9.36. The molecule has 0 amide bonds. The average Bonchev–Trinajstić information content (AvgIpc) is 2.60. The number of aromatic amines is 1. The van der Waals surface area contributed by atoms with Gasteiger partial charge in [0.1, 0.15) is 11.9 Å². The molecule has 74 valence electrons. The van der Waals surface area contributed by atoms with Gasteiger partial charge in [0.25, 0.3) is 0 Å². The Hall–Kier alpha value is -1.39. The van der Waals surface area contributed by atoms with Crippen molar-refractivity contribution in [2.75, 3.05) is 0 Å². The summed E-state index contributed by atoms with van der Waals surface area (Å²) in [5, 5.41) is 9.36. The number of nitrogens with two attached hydrogens (primary N) is 1. The van der Waals surface area contributed by atoms with Gasteiger partial charge in [-0.2, -0.15) is 0 Å². The van der Waals surface area contributed by atoms with Crippen molar-refractivity contribution >= 4 is 11.0 Å². The van der Waals surface area contributed by atoms with E-state index in [4.69, 9.17) is 5.73 Å². The summed E-state index contributed by atoms with van der Waals surface area (Å²) in [6.07, 6.45) is -0.576. The second-order valence-electron chi connectivity index (χ2n) is 3.32. The van der Waals surface area contributed by atoms with E-state index in [1.165, 1.54) is 0 Å². The molecule has 0 bridgehead atoms. The van der Waals surface area contributed by atoms with Gasteiger partial charge in [-0.05, 0) is 18.6 Å². The van der Waals surface area contributed by atoms with E-state index in [-0.39, 0.29) is 0 Å². The molecule has 14 heavy (non-hydrogen) atoms. The predicted octanol–water partition coefficient (Wildman–Crippen LogP) is 1.07. The van der Waals surface area contributed by atoms with E-state index in [1.54, 1.807) is 6.92 Å². The van der Waals surface area contributed by atoms with Crippen LogP contribution in [0.2, 0.25) is 0 Å². The van der Waals surface area contributed by atoms with E-state index in [9.17, 15) is 5.11 Å². The van der Waals surface area contributed by atoms with Gasteiger partial charge in [-0.3, -0.25) is 0 Å². The molecule has 0 spiro atoms. The second kappa shape index (κ2) is 3.40. The summed E-state index contributed by atoms with van der Waals surface area (Å²) >= 11 is 0. The number of aliphatic hydroxyl groups excluding tert-OH is 1. The van der Waals surface area contributed by atoms with Crippen LogP contribution in [0.4, 0.5) is 0 Å². The summed E-state index contributed by atoms with van der Waals surface area (Å²) in [6, 6.07) is 5.79. The molecule has 4 heteroatoms. The second-order valence-corrected chi connectivity index (χ2v) is 3.32. The highest BCUT2D eigenvalue weighted by atomic mass is 16.3. The number of para-hydroxylation sites is 1. The molecule has 0 fully saturated rings. The molecule has 1 aromatic carbocycles. The molecule has 0 unspecified atom stereocenters. The van der Waals surface area contributed by atoms with Crippen LogP contribution in [0.3, 0.4) is 0 Å². The third-order valence-electron chi connectivity index (χ3n) is 2.23. The Morgan fingerprint density at radius 2 is 2.36 bits per heavy atom. The first kappa shape index (κ1) is 9.18. The van der Waals surface area contributed by atoms with Crippen LogP contribution in [-0.4, -0.2) is 15.1 Å². The number of fused-ring (bicyclic) bond motifs is 1. The van der Waals surface area contributed by atoms with Crippen molar-refractivity contribution in [1.29, 1.82) is 0 Å². The lowest BCUT2D eigenvalue weighted by Gasteiger charge is -1.96. The van der Waals surface area contributed by atoms with E-state index in [2.05, 4.69) is 9.97 Å². The Bertz CT molecular complexity index is 448. The zero-order chi connectivity index (χ0) is 10.1. The highest BCUT2D eigenvalue weighted by Gasteiger charge is 2.09. The first-order valence-electron chi connectivity index (χ1n) is 4.58. The number of imidazole rings is 1. The van der Waals surface area contributed by atoms with Crippen LogP contribution in [0.15, 0.2) is 18.2 Å². The minimum atomic E-state index is -0.576. The van der Waals surface area contributed by atoms with E-state index in [1.807, 2.05) is 18.2 Å². The molecule has 0 saturated heterocycles. The predicted molar refractivity (Wildman–Crippen MR) is 54.6 cm³/mol. The highest BCUT2D eigenvalue weighted by molar-refractivity contribution is 5.78. The number of rotatable bonds is 2. The molecule has 0 radical (unpaired) electrons. The van der Waals surface area contributed by atoms with Crippen molar-refractivity contribution in [3.05, 3.63) is 29.6 Å². The highest BCUT2D eigenvalue weighted by Crippen LogP contribution is 2.18. The lowest BCUT2D eigenvalue weighted by Crippen LogP contribution is -1.97.